The van der Waals surface area contributed by atoms with Crippen LogP contribution in [-0.4, -0.2) is 23.1 Å². The van der Waals surface area contributed by atoms with Gasteiger partial charge in [-0.3, -0.25) is 4.98 Å². The second-order valence-corrected chi connectivity index (χ2v) is 6.15. The Morgan fingerprint density at radius 3 is 2.65 bits per heavy atom. The van der Waals surface area contributed by atoms with Gasteiger partial charge < -0.3 is 10.1 Å². The van der Waals surface area contributed by atoms with Crippen LogP contribution in [0, 0.1) is 0 Å². The number of halogens is 3. The molecule has 2 rings (SSSR count). The highest BCUT2D eigenvalue weighted by Gasteiger charge is 2.08. The van der Waals surface area contributed by atoms with E-state index in [1.165, 1.54) is 0 Å². The van der Waals surface area contributed by atoms with E-state index in [1.807, 2.05) is 18.2 Å². The minimum absolute atomic E-state index is 0.363. The molecule has 0 amide bonds. The lowest BCUT2D eigenvalue weighted by atomic mass is 10.2. The number of nitrogens with one attached hydrogen (secondary N) is 1. The highest BCUT2D eigenvalue weighted by Crippen LogP contribution is 2.35. The van der Waals surface area contributed by atoms with E-state index in [9.17, 15) is 0 Å². The third-order valence-corrected chi connectivity index (χ3v) is 3.78. The molecule has 1 aromatic carbocycles. The minimum atomic E-state index is 0.363. The topological polar surface area (TPSA) is 34.2 Å². The van der Waals surface area contributed by atoms with Crippen LogP contribution in [0.15, 0.2) is 42.7 Å². The molecule has 0 saturated carbocycles. The number of rotatable bonds is 6. The van der Waals surface area contributed by atoms with Gasteiger partial charge in [0.25, 0.3) is 0 Å². The Hall–Kier alpha value is -1.33. The summed E-state index contributed by atoms with van der Waals surface area (Å²) in [5.74, 6) is 0.413. The zero-order valence-electron chi connectivity index (χ0n) is 11.9. The monoisotopic (exact) mass is 386 g/mol. The molecule has 2 aromatic rings. The van der Waals surface area contributed by atoms with Gasteiger partial charge in [-0.05, 0) is 29.8 Å². The SMILES string of the molecule is S=C(C=Cc1cccnc1)NCCOc1c(Cl)cc(Cl)cc1Cl. The van der Waals surface area contributed by atoms with Gasteiger partial charge in [-0.1, -0.05) is 59.2 Å². The van der Waals surface area contributed by atoms with Gasteiger partial charge in [0.15, 0.2) is 5.75 Å². The van der Waals surface area contributed by atoms with Crippen molar-refractivity contribution in [3.05, 3.63) is 63.4 Å². The molecular weight excluding hydrogens is 375 g/mol. The molecular formula is C16H13Cl3N2OS. The first-order valence-corrected chi connectivity index (χ1v) is 8.24. The van der Waals surface area contributed by atoms with Crippen LogP contribution < -0.4 is 10.1 Å². The molecule has 0 atom stereocenters. The van der Waals surface area contributed by atoms with Crippen LogP contribution in [-0.2, 0) is 0 Å². The maximum absolute atomic E-state index is 6.04. The lowest BCUT2D eigenvalue weighted by Gasteiger charge is -2.11. The van der Waals surface area contributed by atoms with Gasteiger partial charge in [-0.25, -0.2) is 0 Å². The standard InChI is InChI=1S/C16H13Cl3N2OS/c17-12-8-13(18)16(14(19)9-12)22-7-6-21-15(23)4-3-11-2-1-5-20-10-11/h1-5,8-10H,6-7H2,(H,21,23). The molecule has 23 heavy (non-hydrogen) atoms. The fraction of sp³-hybridized carbons (Fsp3) is 0.125. The number of nitrogens with zero attached hydrogens (tertiary/aromatic N) is 1. The zero-order valence-corrected chi connectivity index (χ0v) is 15.0. The summed E-state index contributed by atoms with van der Waals surface area (Å²) in [5, 5.41) is 4.28. The Bertz CT molecular complexity index is 685. The highest BCUT2D eigenvalue weighted by atomic mass is 35.5. The van der Waals surface area contributed by atoms with Crippen LogP contribution in [0.1, 0.15) is 5.56 Å². The zero-order chi connectivity index (χ0) is 16.7. The number of hydrogen-bond acceptors (Lipinski definition) is 3. The van der Waals surface area contributed by atoms with E-state index in [1.54, 1.807) is 30.6 Å². The molecule has 7 heteroatoms. The first-order valence-electron chi connectivity index (χ1n) is 6.69. The molecule has 0 aliphatic rings. The van der Waals surface area contributed by atoms with E-state index in [0.29, 0.717) is 39.0 Å². The molecule has 0 saturated heterocycles. The van der Waals surface area contributed by atoms with Gasteiger partial charge in [-0.2, -0.15) is 0 Å². The molecule has 0 unspecified atom stereocenters. The smallest absolute Gasteiger partial charge is 0.156 e. The second kappa shape index (κ2) is 9.08. The van der Waals surface area contributed by atoms with E-state index >= 15 is 0 Å². The Kier molecular flexibility index (Phi) is 7.12. The Morgan fingerprint density at radius 2 is 2.00 bits per heavy atom. The normalized spacial score (nSPS) is 10.7. The van der Waals surface area contributed by atoms with Crippen molar-refractivity contribution in [2.24, 2.45) is 0 Å². The van der Waals surface area contributed by atoms with Crippen molar-refractivity contribution in [3.63, 3.8) is 0 Å². The van der Waals surface area contributed by atoms with Gasteiger partial charge in [0.2, 0.25) is 0 Å². The Morgan fingerprint density at radius 1 is 1.26 bits per heavy atom. The molecule has 0 aliphatic carbocycles. The fourth-order valence-electron chi connectivity index (χ4n) is 1.70. The average Bonchev–Trinajstić information content (AvgIpc) is 2.52. The summed E-state index contributed by atoms with van der Waals surface area (Å²) in [4.78, 5) is 4.63. The number of ether oxygens (including phenoxy) is 1. The quantitative estimate of drug-likeness (QED) is 0.427. The Balaban J connectivity index is 1.77. The summed E-state index contributed by atoms with van der Waals surface area (Å²) in [6.45, 7) is 0.882. The van der Waals surface area contributed by atoms with E-state index in [-0.39, 0.29) is 0 Å². The molecule has 0 aliphatic heterocycles. The van der Waals surface area contributed by atoms with Crippen molar-refractivity contribution in [3.8, 4) is 5.75 Å². The number of thiocarbonyl (C=S) groups is 1. The third kappa shape index (κ3) is 5.99. The van der Waals surface area contributed by atoms with Crippen molar-refractivity contribution in [1.82, 2.24) is 10.3 Å². The summed E-state index contributed by atoms with van der Waals surface area (Å²) in [6, 6.07) is 6.97. The van der Waals surface area contributed by atoms with Crippen molar-refractivity contribution >= 4 is 58.1 Å². The van der Waals surface area contributed by atoms with Gasteiger partial charge in [-0.15, -0.1) is 0 Å². The molecule has 3 nitrogen and oxygen atoms in total. The van der Waals surface area contributed by atoms with Crippen LogP contribution in [0.2, 0.25) is 15.1 Å². The van der Waals surface area contributed by atoms with Crippen molar-refractivity contribution in [2.75, 3.05) is 13.2 Å². The lowest BCUT2D eigenvalue weighted by molar-refractivity contribution is 0.323. The molecule has 0 fully saturated rings. The predicted molar refractivity (Wildman–Crippen MR) is 101 cm³/mol. The number of pyridine rings is 1. The van der Waals surface area contributed by atoms with Crippen molar-refractivity contribution in [1.29, 1.82) is 0 Å². The number of benzene rings is 1. The summed E-state index contributed by atoms with van der Waals surface area (Å²) < 4.78 is 5.56. The number of aromatic nitrogens is 1. The highest BCUT2D eigenvalue weighted by molar-refractivity contribution is 7.80. The van der Waals surface area contributed by atoms with Gasteiger partial charge >= 0.3 is 0 Å². The van der Waals surface area contributed by atoms with Gasteiger partial charge in [0.05, 0.1) is 15.0 Å². The maximum atomic E-state index is 6.04. The summed E-state index contributed by atoms with van der Waals surface area (Å²) in [5.41, 5.74) is 0.979. The van der Waals surface area contributed by atoms with Crippen molar-refractivity contribution < 1.29 is 4.74 Å². The summed E-state index contributed by atoms with van der Waals surface area (Å²) in [7, 11) is 0. The first-order chi connectivity index (χ1) is 11.1. The molecule has 120 valence electrons. The fourth-order valence-corrected chi connectivity index (χ4v) is 2.80. The van der Waals surface area contributed by atoms with Crippen LogP contribution in [0.5, 0.6) is 5.75 Å². The van der Waals surface area contributed by atoms with Crippen LogP contribution >= 0.6 is 47.0 Å². The molecule has 0 radical (unpaired) electrons. The summed E-state index contributed by atoms with van der Waals surface area (Å²) in [6.07, 6.45) is 7.16. The summed E-state index contributed by atoms with van der Waals surface area (Å²) >= 11 is 23.1. The first kappa shape index (κ1) is 18.0. The maximum Gasteiger partial charge on any atom is 0.156 e. The lowest BCUT2D eigenvalue weighted by Crippen LogP contribution is -2.25. The molecule has 0 bridgehead atoms. The largest absolute Gasteiger partial charge is 0.489 e. The predicted octanol–water partition coefficient (Wildman–Crippen LogP) is 5.05. The number of hydrogen-bond donors (Lipinski definition) is 1. The van der Waals surface area contributed by atoms with Crippen LogP contribution in [0.25, 0.3) is 6.08 Å². The van der Waals surface area contributed by atoms with Crippen LogP contribution in [0.4, 0.5) is 0 Å². The molecule has 0 spiro atoms. The third-order valence-electron chi connectivity index (χ3n) is 2.72. The van der Waals surface area contributed by atoms with Crippen molar-refractivity contribution in [2.45, 2.75) is 0 Å². The Labute approximate surface area is 155 Å². The van der Waals surface area contributed by atoms with E-state index in [2.05, 4.69) is 10.3 Å². The van der Waals surface area contributed by atoms with E-state index in [0.717, 1.165) is 5.56 Å². The molecule has 1 aromatic heterocycles. The second-order valence-electron chi connectivity index (χ2n) is 4.46. The minimum Gasteiger partial charge on any atom is -0.489 e. The van der Waals surface area contributed by atoms with Crippen LogP contribution in [0.3, 0.4) is 0 Å². The average molecular weight is 388 g/mol. The molecule has 1 heterocycles. The van der Waals surface area contributed by atoms with E-state index < -0.39 is 0 Å². The van der Waals surface area contributed by atoms with Gasteiger partial charge in [0.1, 0.15) is 6.61 Å². The van der Waals surface area contributed by atoms with Gasteiger partial charge in [0, 0.05) is 24.0 Å². The van der Waals surface area contributed by atoms with E-state index in [4.69, 9.17) is 51.8 Å². The molecule has 1 N–H and O–H groups in total.